The predicted molar refractivity (Wildman–Crippen MR) is 243 cm³/mol. The van der Waals surface area contributed by atoms with E-state index in [4.69, 9.17) is 19.5 Å². The first-order valence-corrected chi connectivity index (χ1v) is 22.8. The number of nitrogens with zero attached hydrogens (tertiary/aromatic N) is 4. The quantitative estimate of drug-likeness (QED) is 0.232. The molecule has 4 aliphatic heterocycles. The van der Waals surface area contributed by atoms with E-state index in [0.717, 1.165) is 35.4 Å². The highest BCUT2D eigenvalue weighted by atomic mass is 16.5. The number of carbonyl (C=O) groups is 4. The van der Waals surface area contributed by atoms with Crippen molar-refractivity contribution in [3.8, 4) is 11.1 Å². The standard InChI is InChI=1S/C50H64N6O6/c1-27(2)45(53-49(59)61-7)47(57)55-25-29(5)19-41(55)39-21-35(23-51-39)31-9-11-32(12-10-31)37-17-18-38(44-34-15-13-33(14-16-34)43(37)44)36-22-40(52-24-36)42-20-30(6)26-56(42)48(58)46(28(3)4)54-50(60)62-8/h9-12,17-18,23-24,27-30,33-34,41-42,45-46H,13-16,19-22,25-26H2,1-8H3,(H,53,59)(H,54,60)/t29-,30-,33?,34?,41-,42-,45+,46-/m0/s1. The molecule has 9 rings (SSSR count). The second-order valence-corrected chi connectivity index (χ2v) is 19.4. The number of carbonyl (C=O) groups excluding carboxylic acids is 4. The molecule has 12 nitrogen and oxygen atoms in total. The van der Waals surface area contributed by atoms with Gasteiger partial charge in [0.15, 0.2) is 0 Å². The summed E-state index contributed by atoms with van der Waals surface area (Å²) in [5.41, 5.74) is 12.4. The lowest BCUT2D eigenvalue weighted by atomic mass is 9.63. The number of benzene rings is 2. The van der Waals surface area contributed by atoms with Crippen LogP contribution in [0.15, 0.2) is 58.8 Å². The van der Waals surface area contributed by atoms with Gasteiger partial charge in [-0.15, -0.1) is 0 Å². The van der Waals surface area contributed by atoms with Crippen molar-refractivity contribution in [1.29, 1.82) is 0 Å². The van der Waals surface area contributed by atoms with Crippen LogP contribution in [0.2, 0.25) is 0 Å². The minimum atomic E-state index is -0.668. The van der Waals surface area contributed by atoms with Gasteiger partial charge in [-0.25, -0.2) is 9.59 Å². The summed E-state index contributed by atoms with van der Waals surface area (Å²) in [4.78, 5) is 65.9. The lowest BCUT2D eigenvalue weighted by molar-refractivity contribution is -0.135. The molecular weight excluding hydrogens is 781 g/mol. The van der Waals surface area contributed by atoms with E-state index in [1.807, 2.05) is 43.7 Å². The molecule has 1 saturated carbocycles. The zero-order valence-corrected chi connectivity index (χ0v) is 37.7. The van der Waals surface area contributed by atoms with Crippen LogP contribution in [-0.2, 0) is 19.1 Å². The molecule has 0 radical (unpaired) electrons. The molecule has 6 atom stereocenters. The molecule has 2 bridgehead atoms. The molecule has 2 aromatic rings. The minimum absolute atomic E-state index is 0.0774. The van der Waals surface area contributed by atoms with Crippen molar-refractivity contribution >= 4 is 46.6 Å². The van der Waals surface area contributed by atoms with E-state index in [1.54, 1.807) is 0 Å². The van der Waals surface area contributed by atoms with Gasteiger partial charge in [-0.1, -0.05) is 77.9 Å². The Balaban J connectivity index is 0.981. The Kier molecular flexibility index (Phi) is 12.5. The van der Waals surface area contributed by atoms with E-state index in [9.17, 15) is 19.2 Å². The van der Waals surface area contributed by atoms with Crippen LogP contribution in [-0.4, -0.2) is 96.7 Å². The third-order valence-corrected chi connectivity index (χ3v) is 14.4. The zero-order valence-electron chi connectivity index (χ0n) is 37.7. The molecule has 4 heterocycles. The molecule has 62 heavy (non-hydrogen) atoms. The third-order valence-electron chi connectivity index (χ3n) is 14.4. The van der Waals surface area contributed by atoms with Gasteiger partial charge in [-0.3, -0.25) is 19.6 Å². The Morgan fingerprint density at radius 2 is 1.03 bits per heavy atom. The number of rotatable bonds is 11. The molecule has 330 valence electrons. The Morgan fingerprint density at radius 1 is 0.613 bits per heavy atom. The second kappa shape index (κ2) is 17.8. The number of allylic oxidation sites excluding steroid dienone is 2. The molecule has 12 heteroatoms. The molecule has 0 unspecified atom stereocenters. The van der Waals surface area contributed by atoms with E-state index in [0.29, 0.717) is 49.6 Å². The van der Waals surface area contributed by atoms with Crippen LogP contribution in [0.1, 0.15) is 127 Å². The summed E-state index contributed by atoms with van der Waals surface area (Å²) in [6.07, 6.45) is 10.7. The maximum atomic E-state index is 14.0. The van der Waals surface area contributed by atoms with Gasteiger partial charge in [-0.05, 0) is 119 Å². The van der Waals surface area contributed by atoms with Crippen LogP contribution in [0.25, 0.3) is 22.3 Å². The van der Waals surface area contributed by atoms with E-state index in [1.165, 1.54) is 73.3 Å². The highest BCUT2D eigenvalue weighted by Gasteiger charge is 2.44. The largest absolute Gasteiger partial charge is 0.453 e. The summed E-state index contributed by atoms with van der Waals surface area (Å²) in [6.45, 7) is 13.4. The molecular formula is C50H64N6O6. The van der Waals surface area contributed by atoms with Crippen molar-refractivity contribution in [2.45, 2.75) is 129 Å². The summed E-state index contributed by atoms with van der Waals surface area (Å²) < 4.78 is 9.68. The van der Waals surface area contributed by atoms with Crippen LogP contribution >= 0.6 is 0 Å². The summed E-state index contributed by atoms with van der Waals surface area (Å²) in [7, 11) is 2.64. The van der Waals surface area contributed by atoms with Crippen LogP contribution in [0, 0.1) is 23.7 Å². The normalized spacial score (nSPS) is 26.2. The fraction of sp³-hybridized carbons (Fsp3) is 0.560. The Bertz CT molecular complexity index is 2220. The maximum absolute atomic E-state index is 14.0. The minimum Gasteiger partial charge on any atom is -0.453 e. The first-order chi connectivity index (χ1) is 29.8. The molecule has 2 aromatic carbocycles. The van der Waals surface area contributed by atoms with Crippen LogP contribution in [0.3, 0.4) is 0 Å². The van der Waals surface area contributed by atoms with Gasteiger partial charge >= 0.3 is 12.2 Å². The second-order valence-electron chi connectivity index (χ2n) is 19.4. The summed E-state index contributed by atoms with van der Waals surface area (Å²) in [6, 6.07) is 12.0. The van der Waals surface area contributed by atoms with E-state index in [-0.39, 0.29) is 35.7 Å². The van der Waals surface area contributed by atoms with Gasteiger partial charge in [0.2, 0.25) is 11.8 Å². The number of likely N-dealkylation sites (tertiary alicyclic amines) is 2. The number of nitrogens with one attached hydrogen (secondary N) is 2. The number of methoxy groups -OCH3 is 2. The monoisotopic (exact) mass is 844 g/mol. The van der Waals surface area contributed by atoms with Crippen molar-refractivity contribution in [2.24, 2.45) is 33.7 Å². The topological polar surface area (TPSA) is 142 Å². The van der Waals surface area contributed by atoms with Crippen LogP contribution in [0.4, 0.5) is 9.59 Å². The molecule has 2 N–H and O–H groups in total. The Hall–Kier alpha value is -5.26. The zero-order chi connectivity index (χ0) is 44.0. The van der Waals surface area contributed by atoms with Crippen molar-refractivity contribution in [1.82, 2.24) is 20.4 Å². The number of hydrogen-bond donors (Lipinski definition) is 2. The van der Waals surface area contributed by atoms with Crippen LogP contribution < -0.4 is 10.6 Å². The maximum Gasteiger partial charge on any atom is 0.407 e. The van der Waals surface area contributed by atoms with Crippen molar-refractivity contribution in [3.05, 3.63) is 71.1 Å². The SMILES string of the molecule is COC(=O)N[C@H](C(=O)N1C[C@@H](C)C[C@H]1C1=NC=C(c2ccc(-c3ccc(C4=CN=C([C@@H]5C[C@H](C)CN5C(=O)[C@H](NC(=O)OC)C(C)C)C4)cc3)c3c2C2CCC3CC2)C1)C(C)C. The van der Waals surface area contributed by atoms with Gasteiger partial charge in [0.25, 0.3) is 0 Å². The van der Waals surface area contributed by atoms with Crippen LogP contribution in [0.5, 0.6) is 0 Å². The lowest BCUT2D eigenvalue weighted by Gasteiger charge is -2.41. The number of amides is 4. The molecule has 4 amide bonds. The molecule has 0 aromatic heterocycles. The average Bonchev–Trinajstić information content (AvgIpc) is 4.11. The first kappa shape index (κ1) is 43.4. The Labute approximate surface area is 366 Å². The molecule has 3 fully saturated rings. The first-order valence-electron chi connectivity index (χ1n) is 22.8. The van der Waals surface area contributed by atoms with Gasteiger partial charge in [0.1, 0.15) is 12.1 Å². The number of alkyl carbamates (subject to hydrolysis) is 2. The number of fused-ring (bicyclic) bond motifs is 2. The average molecular weight is 845 g/mol. The van der Waals surface area contributed by atoms with E-state index in [2.05, 4.69) is 67.1 Å². The fourth-order valence-corrected chi connectivity index (χ4v) is 11.2. The van der Waals surface area contributed by atoms with E-state index < -0.39 is 24.3 Å². The molecule has 0 spiro atoms. The summed E-state index contributed by atoms with van der Waals surface area (Å²) in [5.74, 6) is 1.35. The molecule has 2 saturated heterocycles. The summed E-state index contributed by atoms with van der Waals surface area (Å²) >= 11 is 0. The number of ether oxygens (including phenoxy) is 2. The predicted octanol–water partition coefficient (Wildman–Crippen LogP) is 8.71. The molecule has 3 aliphatic carbocycles. The smallest absolute Gasteiger partial charge is 0.407 e. The number of aliphatic imine (C=N–C) groups is 2. The summed E-state index contributed by atoms with van der Waals surface area (Å²) in [5, 5.41) is 5.54. The van der Waals surface area contributed by atoms with Gasteiger partial charge in [0, 0.05) is 49.8 Å². The van der Waals surface area contributed by atoms with Crippen molar-refractivity contribution in [2.75, 3.05) is 27.3 Å². The van der Waals surface area contributed by atoms with Gasteiger partial charge < -0.3 is 29.9 Å². The fourth-order valence-electron chi connectivity index (χ4n) is 11.2. The third kappa shape index (κ3) is 8.33. The molecule has 7 aliphatic rings. The lowest BCUT2D eigenvalue weighted by Crippen LogP contribution is -2.53. The van der Waals surface area contributed by atoms with Crippen molar-refractivity contribution in [3.63, 3.8) is 0 Å². The van der Waals surface area contributed by atoms with Gasteiger partial charge in [0.05, 0.1) is 26.3 Å². The van der Waals surface area contributed by atoms with Gasteiger partial charge in [-0.2, -0.15) is 0 Å². The highest BCUT2D eigenvalue weighted by Crippen LogP contribution is 2.55. The highest BCUT2D eigenvalue weighted by molar-refractivity contribution is 6.05. The number of hydrogen-bond acceptors (Lipinski definition) is 8. The van der Waals surface area contributed by atoms with E-state index >= 15 is 0 Å². The Morgan fingerprint density at radius 3 is 1.50 bits per heavy atom. The van der Waals surface area contributed by atoms with Crippen molar-refractivity contribution < 1.29 is 28.7 Å².